The molecule has 4 rings (SSSR count). The molecule has 2 aromatic heterocycles. The lowest BCUT2D eigenvalue weighted by molar-refractivity contribution is -0.147. The predicted octanol–water partition coefficient (Wildman–Crippen LogP) is 4.24. The fraction of sp³-hybridized carbons (Fsp3) is 0.105. The Bertz CT molecular complexity index is 1150. The summed E-state index contributed by atoms with van der Waals surface area (Å²) in [5.74, 6) is -1.70. The predicted molar refractivity (Wildman–Crippen MR) is 95.1 cm³/mol. The third-order valence-electron chi connectivity index (χ3n) is 4.12. The summed E-state index contributed by atoms with van der Waals surface area (Å²) in [7, 11) is 0. The molecule has 0 spiro atoms. The van der Waals surface area contributed by atoms with Crippen LogP contribution in [0.25, 0.3) is 21.9 Å². The second-order valence-corrected chi connectivity index (χ2v) is 5.94. The summed E-state index contributed by atoms with van der Waals surface area (Å²) in [6.45, 7) is -0.515. The van der Waals surface area contributed by atoms with Crippen molar-refractivity contribution in [3.63, 3.8) is 0 Å². The SMILES string of the molecule is O=C(Cn1c(C(F)(F)F)nc2ccccc21)Nc1cccc2cccnc12. The maximum atomic E-state index is 13.3. The van der Waals surface area contributed by atoms with Crippen LogP contribution in [0.5, 0.6) is 0 Å². The van der Waals surface area contributed by atoms with Gasteiger partial charge in [-0.15, -0.1) is 0 Å². The molecule has 0 bridgehead atoms. The van der Waals surface area contributed by atoms with Crippen LogP contribution in [-0.2, 0) is 17.5 Å². The van der Waals surface area contributed by atoms with Gasteiger partial charge >= 0.3 is 6.18 Å². The lowest BCUT2D eigenvalue weighted by atomic mass is 10.2. The van der Waals surface area contributed by atoms with Crippen LogP contribution < -0.4 is 5.32 Å². The number of fused-ring (bicyclic) bond motifs is 2. The Hall–Kier alpha value is -3.42. The van der Waals surface area contributed by atoms with Crippen LogP contribution in [0, 0.1) is 0 Å². The molecule has 2 aromatic carbocycles. The van der Waals surface area contributed by atoms with Gasteiger partial charge in [-0.25, -0.2) is 4.98 Å². The molecule has 0 aliphatic heterocycles. The normalized spacial score (nSPS) is 11.8. The molecule has 2 heterocycles. The molecule has 5 nitrogen and oxygen atoms in total. The van der Waals surface area contributed by atoms with E-state index in [2.05, 4.69) is 15.3 Å². The summed E-state index contributed by atoms with van der Waals surface area (Å²) >= 11 is 0. The van der Waals surface area contributed by atoms with E-state index in [1.54, 1.807) is 36.5 Å². The van der Waals surface area contributed by atoms with E-state index in [9.17, 15) is 18.0 Å². The van der Waals surface area contributed by atoms with Crippen LogP contribution in [0.4, 0.5) is 18.9 Å². The van der Waals surface area contributed by atoms with Crippen molar-refractivity contribution < 1.29 is 18.0 Å². The van der Waals surface area contributed by atoms with Crippen LogP contribution in [0.1, 0.15) is 5.82 Å². The first-order chi connectivity index (χ1) is 12.9. The summed E-state index contributed by atoms with van der Waals surface area (Å²) in [6.07, 6.45) is -3.08. The van der Waals surface area contributed by atoms with Gasteiger partial charge in [-0.1, -0.05) is 30.3 Å². The maximum Gasteiger partial charge on any atom is 0.449 e. The van der Waals surface area contributed by atoms with Gasteiger partial charge in [0.25, 0.3) is 0 Å². The van der Waals surface area contributed by atoms with Gasteiger partial charge in [0.2, 0.25) is 11.7 Å². The van der Waals surface area contributed by atoms with Gasteiger partial charge in [-0.3, -0.25) is 9.78 Å². The average Bonchev–Trinajstić information content (AvgIpc) is 3.01. The first-order valence-corrected chi connectivity index (χ1v) is 8.09. The van der Waals surface area contributed by atoms with Crippen LogP contribution in [0.3, 0.4) is 0 Å². The third kappa shape index (κ3) is 3.21. The Kier molecular flexibility index (Phi) is 4.02. The second kappa shape index (κ2) is 6.39. The minimum atomic E-state index is -4.67. The molecule has 8 heteroatoms. The monoisotopic (exact) mass is 370 g/mol. The zero-order valence-corrected chi connectivity index (χ0v) is 13.9. The molecular formula is C19H13F3N4O. The van der Waals surface area contributed by atoms with Gasteiger partial charge in [-0.2, -0.15) is 13.2 Å². The van der Waals surface area contributed by atoms with E-state index >= 15 is 0 Å². The minimum Gasteiger partial charge on any atom is -0.323 e. The Balaban J connectivity index is 1.69. The van der Waals surface area contributed by atoms with Crippen LogP contribution in [0.15, 0.2) is 60.8 Å². The second-order valence-electron chi connectivity index (χ2n) is 5.94. The average molecular weight is 370 g/mol. The lowest BCUT2D eigenvalue weighted by Gasteiger charge is -2.12. The molecule has 1 amide bonds. The highest BCUT2D eigenvalue weighted by Gasteiger charge is 2.38. The molecule has 27 heavy (non-hydrogen) atoms. The summed E-state index contributed by atoms with van der Waals surface area (Å²) in [5, 5.41) is 3.47. The molecular weight excluding hydrogens is 357 g/mol. The molecule has 0 aliphatic carbocycles. The number of para-hydroxylation sites is 3. The van der Waals surface area contributed by atoms with Crippen molar-refractivity contribution >= 4 is 33.5 Å². The van der Waals surface area contributed by atoms with Crippen molar-refractivity contribution in [3.05, 3.63) is 66.6 Å². The van der Waals surface area contributed by atoms with E-state index < -0.39 is 24.5 Å². The topological polar surface area (TPSA) is 59.8 Å². The first kappa shape index (κ1) is 17.0. The number of hydrogen-bond acceptors (Lipinski definition) is 3. The Morgan fingerprint density at radius 2 is 1.81 bits per heavy atom. The van der Waals surface area contributed by atoms with Crippen molar-refractivity contribution in [2.24, 2.45) is 0 Å². The highest BCUT2D eigenvalue weighted by Crippen LogP contribution is 2.31. The van der Waals surface area contributed by atoms with Gasteiger partial charge in [0.05, 0.1) is 22.2 Å². The van der Waals surface area contributed by atoms with Crippen molar-refractivity contribution in [2.45, 2.75) is 12.7 Å². The van der Waals surface area contributed by atoms with Crippen molar-refractivity contribution in [1.29, 1.82) is 0 Å². The standard InChI is InChI=1S/C19H13F3N4O/c20-19(21,22)18-25-13-7-1-2-9-15(13)26(18)11-16(27)24-14-8-3-5-12-6-4-10-23-17(12)14/h1-10H,11H2,(H,24,27). The zero-order valence-electron chi connectivity index (χ0n) is 13.9. The molecule has 136 valence electrons. The van der Waals surface area contributed by atoms with Crippen LogP contribution in [0.2, 0.25) is 0 Å². The van der Waals surface area contributed by atoms with Crippen molar-refractivity contribution in [3.8, 4) is 0 Å². The van der Waals surface area contributed by atoms with E-state index in [4.69, 9.17) is 0 Å². The Morgan fingerprint density at radius 1 is 1.04 bits per heavy atom. The number of hydrogen-bond donors (Lipinski definition) is 1. The maximum absolute atomic E-state index is 13.3. The highest BCUT2D eigenvalue weighted by molar-refractivity contribution is 6.00. The number of anilines is 1. The summed E-state index contributed by atoms with van der Waals surface area (Å²) in [4.78, 5) is 20.4. The van der Waals surface area contributed by atoms with Gasteiger partial charge in [0, 0.05) is 11.6 Å². The van der Waals surface area contributed by atoms with Crippen molar-refractivity contribution in [1.82, 2.24) is 14.5 Å². The molecule has 4 aromatic rings. The largest absolute Gasteiger partial charge is 0.449 e. The number of rotatable bonds is 3. The summed E-state index contributed by atoms with van der Waals surface area (Å²) in [5.41, 5.74) is 1.44. The number of imidazole rings is 1. The number of carbonyl (C=O) groups excluding carboxylic acids is 1. The number of carbonyl (C=O) groups is 1. The quantitative estimate of drug-likeness (QED) is 0.587. The smallest absolute Gasteiger partial charge is 0.323 e. The molecule has 0 atom stereocenters. The van der Waals surface area contributed by atoms with Crippen molar-refractivity contribution in [2.75, 3.05) is 5.32 Å². The Morgan fingerprint density at radius 3 is 2.63 bits per heavy atom. The van der Waals surface area contributed by atoms with E-state index in [1.807, 2.05) is 12.1 Å². The number of alkyl halides is 3. The van der Waals surface area contributed by atoms with Gasteiger partial charge in [0.1, 0.15) is 6.54 Å². The lowest BCUT2D eigenvalue weighted by Crippen LogP contribution is -2.23. The molecule has 0 saturated heterocycles. The molecule has 0 aliphatic rings. The minimum absolute atomic E-state index is 0.185. The molecule has 1 N–H and O–H groups in total. The van der Waals surface area contributed by atoms with Crippen LogP contribution >= 0.6 is 0 Å². The number of aromatic nitrogens is 3. The number of benzene rings is 2. The summed E-state index contributed by atoms with van der Waals surface area (Å²) in [6, 6.07) is 15.0. The zero-order chi connectivity index (χ0) is 19.0. The fourth-order valence-corrected chi connectivity index (χ4v) is 2.99. The van der Waals surface area contributed by atoms with E-state index in [1.165, 1.54) is 12.1 Å². The third-order valence-corrected chi connectivity index (χ3v) is 4.12. The summed E-state index contributed by atoms with van der Waals surface area (Å²) < 4.78 is 40.9. The molecule has 0 saturated carbocycles. The number of pyridine rings is 1. The molecule has 0 unspecified atom stereocenters. The molecule has 0 fully saturated rings. The molecule has 0 radical (unpaired) electrons. The number of amides is 1. The first-order valence-electron chi connectivity index (χ1n) is 8.09. The number of nitrogens with one attached hydrogen (secondary N) is 1. The van der Waals surface area contributed by atoms with Gasteiger partial charge in [-0.05, 0) is 24.3 Å². The Labute approximate surface area is 151 Å². The van der Waals surface area contributed by atoms with E-state index in [-0.39, 0.29) is 11.0 Å². The van der Waals surface area contributed by atoms with Gasteiger partial charge in [0.15, 0.2) is 0 Å². The van der Waals surface area contributed by atoms with E-state index in [0.717, 1.165) is 9.95 Å². The highest BCUT2D eigenvalue weighted by atomic mass is 19.4. The van der Waals surface area contributed by atoms with Crippen LogP contribution in [-0.4, -0.2) is 20.4 Å². The van der Waals surface area contributed by atoms with E-state index in [0.29, 0.717) is 11.2 Å². The number of nitrogens with zero attached hydrogens (tertiary/aromatic N) is 3. The number of halogens is 3. The van der Waals surface area contributed by atoms with Gasteiger partial charge < -0.3 is 9.88 Å². The fourth-order valence-electron chi connectivity index (χ4n) is 2.99.